The molecule has 170 valence electrons. The third-order valence-corrected chi connectivity index (χ3v) is 5.02. The molecule has 0 amide bonds. The van der Waals surface area contributed by atoms with Crippen LogP contribution in [0.15, 0.2) is 0 Å². The molecular formula is C24H52O3Ti. The van der Waals surface area contributed by atoms with Crippen LogP contribution < -0.4 is 0 Å². The predicted octanol–water partition coefficient (Wildman–Crippen LogP) is 7.68. The van der Waals surface area contributed by atoms with E-state index in [9.17, 15) is 0 Å². The van der Waals surface area contributed by atoms with Crippen molar-refractivity contribution in [1.29, 1.82) is 0 Å². The Balaban J connectivity index is -0.000000410. The average molecular weight is 437 g/mol. The topological polar surface area (TPSA) is 57.5 Å². The third-order valence-electron chi connectivity index (χ3n) is 5.02. The normalized spacial score (nSPS) is 9.96. The molecule has 0 bridgehead atoms. The molecule has 0 atom stereocenters. The molecule has 0 aliphatic carbocycles. The van der Waals surface area contributed by atoms with Gasteiger partial charge in [-0.1, -0.05) is 129 Å². The Morgan fingerprint density at radius 2 is 0.571 bits per heavy atom. The summed E-state index contributed by atoms with van der Waals surface area (Å²) >= 11 is 0.750. The van der Waals surface area contributed by atoms with Crippen LogP contribution in [0.25, 0.3) is 0 Å². The molecular weight excluding hydrogens is 384 g/mol. The van der Waals surface area contributed by atoms with Crippen LogP contribution >= 0.6 is 0 Å². The van der Waals surface area contributed by atoms with E-state index in [2.05, 4.69) is 13.8 Å². The summed E-state index contributed by atoms with van der Waals surface area (Å²) in [7, 11) is 0. The minimum absolute atomic E-state index is 0.372. The van der Waals surface area contributed by atoms with Crippen molar-refractivity contribution in [1.82, 2.24) is 0 Å². The summed E-state index contributed by atoms with van der Waals surface area (Å²) in [5, 5.41) is 17.1. The predicted molar refractivity (Wildman–Crippen MR) is 119 cm³/mol. The van der Waals surface area contributed by atoms with Crippen LogP contribution in [-0.4, -0.2) is 23.4 Å². The molecule has 0 aliphatic heterocycles. The van der Waals surface area contributed by atoms with Crippen LogP contribution in [0.4, 0.5) is 0 Å². The molecule has 0 aliphatic rings. The van der Waals surface area contributed by atoms with E-state index in [0.717, 1.165) is 33.2 Å². The molecule has 0 aromatic rings. The molecule has 0 aromatic heterocycles. The number of rotatable bonds is 20. The minimum atomic E-state index is 0.372. The molecule has 0 aromatic carbocycles. The maximum atomic E-state index is 8.57. The Bertz CT molecular complexity index is 186. The van der Waals surface area contributed by atoms with Gasteiger partial charge in [-0.25, -0.2) is 0 Å². The summed E-state index contributed by atoms with van der Waals surface area (Å²) in [6.07, 6.45) is 26.6. The van der Waals surface area contributed by atoms with Gasteiger partial charge in [0.15, 0.2) is 0 Å². The Kier molecular flexibility index (Phi) is 45.0. The fourth-order valence-corrected chi connectivity index (χ4v) is 3.20. The van der Waals surface area contributed by atoms with E-state index >= 15 is 0 Å². The van der Waals surface area contributed by atoms with Crippen molar-refractivity contribution in [3.8, 4) is 0 Å². The van der Waals surface area contributed by atoms with Gasteiger partial charge in [0.1, 0.15) is 0 Å². The van der Waals surface area contributed by atoms with Gasteiger partial charge in [0.2, 0.25) is 0 Å². The quantitative estimate of drug-likeness (QED) is 0.152. The monoisotopic (exact) mass is 436 g/mol. The first-order chi connectivity index (χ1) is 13.8. The van der Waals surface area contributed by atoms with Gasteiger partial charge in [-0.2, -0.15) is 0 Å². The second-order valence-corrected chi connectivity index (χ2v) is 7.81. The fourth-order valence-electron chi connectivity index (χ4n) is 3.20. The van der Waals surface area contributed by atoms with Crippen LogP contribution in [0.2, 0.25) is 0 Å². The van der Waals surface area contributed by atoms with Gasteiger partial charge in [0.25, 0.3) is 0 Å². The summed E-state index contributed by atoms with van der Waals surface area (Å²) in [5.41, 5.74) is 0. The molecule has 4 heteroatoms. The second kappa shape index (κ2) is 38.1. The summed E-state index contributed by atoms with van der Waals surface area (Å²) in [5.74, 6) is 0. The molecule has 0 heterocycles. The van der Waals surface area contributed by atoms with Gasteiger partial charge in [0, 0.05) is 13.2 Å². The summed E-state index contributed by atoms with van der Waals surface area (Å²) in [4.78, 5) is 0. The Morgan fingerprint density at radius 3 is 0.750 bits per heavy atom. The van der Waals surface area contributed by atoms with E-state index < -0.39 is 0 Å². The molecule has 0 spiro atoms. The molecule has 0 unspecified atom stereocenters. The van der Waals surface area contributed by atoms with Crippen LogP contribution in [0, 0.1) is 0 Å². The van der Waals surface area contributed by atoms with Crippen LogP contribution in [0.3, 0.4) is 0 Å². The molecule has 2 N–H and O–H groups in total. The standard InChI is InChI=1S/2C12H26O.O.Ti/c2*1-2-3-4-5-6-7-8-9-10-11-12-13;;/h2*13H,2-12H2,1H3;;. The van der Waals surface area contributed by atoms with Crippen LogP contribution in [0.1, 0.15) is 142 Å². The van der Waals surface area contributed by atoms with Crippen molar-refractivity contribution in [2.75, 3.05) is 13.2 Å². The molecule has 0 radical (unpaired) electrons. The summed E-state index contributed by atoms with van der Waals surface area (Å²) in [6.45, 7) is 5.26. The second-order valence-electron chi connectivity index (χ2n) is 7.81. The van der Waals surface area contributed by atoms with Gasteiger partial charge in [-0.05, 0) is 12.8 Å². The van der Waals surface area contributed by atoms with E-state index in [4.69, 9.17) is 13.5 Å². The van der Waals surface area contributed by atoms with E-state index in [0.29, 0.717) is 13.2 Å². The van der Waals surface area contributed by atoms with Gasteiger partial charge < -0.3 is 10.2 Å². The van der Waals surface area contributed by atoms with Crippen molar-refractivity contribution in [3.05, 3.63) is 0 Å². The molecule has 0 saturated carbocycles. The maximum absolute atomic E-state index is 8.57. The van der Waals surface area contributed by atoms with Crippen molar-refractivity contribution in [2.24, 2.45) is 0 Å². The molecule has 0 saturated heterocycles. The third kappa shape index (κ3) is 41.0. The first kappa shape index (κ1) is 33.1. The van der Waals surface area contributed by atoms with E-state index in [1.807, 2.05) is 0 Å². The number of unbranched alkanes of at least 4 members (excludes halogenated alkanes) is 18. The zero-order valence-electron chi connectivity index (χ0n) is 19.4. The number of hydrogen-bond donors (Lipinski definition) is 2. The Hall–Kier alpha value is 0.434. The number of aliphatic hydroxyl groups excluding tert-OH is 2. The number of aliphatic hydroxyl groups is 2. The first-order valence-electron chi connectivity index (χ1n) is 12.3. The van der Waals surface area contributed by atoms with Gasteiger partial charge in [-0.3, -0.25) is 0 Å². The van der Waals surface area contributed by atoms with Gasteiger partial charge in [-0.15, -0.1) is 0 Å². The van der Waals surface area contributed by atoms with E-state index in [-0.39, 0.29) is 0 Å². The zero-order chi connectivity index (χ0) is 21.6. The molecule has 28 heavy (non-hydrogen) atoms. The zero-order valence-corrected chi connectivity index (χ0v) is 20.9. The van der Waals surface area contributed by atoms with Crippen LogP contribution in [0.5, 0.6) is 0 Å². The Labute approximate surface area is 189 Å². The fraction of sp³-hybridized carbons (Fsp3) is 1.00. The van der Waals surface area contributed by atoms with Crippen molar-refractivity contribution >= 4 is 0 Å². The van der Waals surface area contributed by atoms with Crippen molar-refractivity contribution in [3.63, 3.8) is 0 Å². The molecule has 0 rings (SSSR count). The summed E-state index contributed by atoms with van der Waals surface area (Å²) in [6, 6.07) is 0. The Morgan fingerprint density at radius 1 is 0.393 bits per heavy atom. The van der Waals surface area contributed by atoms with E-state index in [1.54, 1.807) is 0 Å². The van der Waals surface area contributed by atoms with Gasteiger partial charge in [0.05, 0.1) is 0 Å². The SMILES string of the molecule is CCCCCCCCCCCCO.CCCCCCCCCCCCO.[O]=[Ti]. The van der Waals surface area contributed by atoms with Crippen molar-refractivity contribution < 1.29 is 33.9 Å². The van der Waals surface area contributed by atoms with Crippen molar-refractivity contribution in [2.45, 2.75) is 142 Å². The van der Waals surface area contributed by atoms with Gasteiger partial charge >= 0.3 is 23.7 Å². The summed E-state index contributed by atoms with van der Waals surface area (Å²) < 4.78 is 8.25. The number of hydrogen-bond acceptors (Lipinski definition) is 3. The first-order valence-corrected chi connectivity index (χ1v) is 12.9. The van der Waals surface area contributed by atoms with E-state index in [1.165, 1.54) is 116 Å². The molecule has 0 fully saturated rings. The van der Waals surface area contributed by atoms with Crippen LogP contribution in [-0.2, 0) is 23.7 Å². The average Bonchev–Trinajstić information content (AvgIpc) is 2.73. The molecule has 3 nitrogen and oxygen atoms in total.